The van der Waals surface area contributed by atoms with Gasteiger partial charge in [-0.05, 0) is 0 Å². The molecule has 15 heteroatoms. The van der Waals surface area contributed by atoms with Crippen LogP contribution in [-0.4, -0.2) is 86.3 Å². The van der Waals surface area contributed by atoms with Gasteiger partial charge in [0.2, 0.25) is 0 Å². The number of hydrogen-bond acceptors (Lipinski definition) is 10. The van der Waals surface area contributed by atoms with E-state index in [9.17, 15) is 14.3 Å². The third-order valence-corrected chi connectivity index (χ3v) is 6.58. The third-order valence-electron chi connectivity index (χ3n) is 4.98. The lowest BCUT2D eigenvalue weighted by Gasteiger charge is -2.30. The number of nitrogens with zero attached hydrogens (tertiary/aromatic N) is 5. The third kappa shape index (κ3) is 4.40. The highest BCUT2D eigenvalue weighted by Crippen LogP contribution is 2.47. The lowest BCUT2D eigenvalue weighted by Crippen LogP contribution is -2.36. The summed E-state index contributed by atoms with van der Waals surface area (Å²) in [5.41, 5.74) is 6.31. The molecule has 2 saturated heterocycles. The van der Waals surface area contributed by atoms with Gasteiger partial charge in [-0.15, -0.1) is 0 Å². The molecule has 0 spiro atoms. The quantitative estimate of drug-likeness (QED) is 0.439. The molecular weight excluding hydrogens is 438 g/mol. The van der Waals surface area contributed by atoms with Crippen molar-refractivity contribution in [1.29, 1.82) is 0 Å². The van der Waals surface area contributed by atoms with E-state index in [1.165, 1.54) is 21.9 Å². The molecule has 2 fully saturated rings. The van der Waals surface area contributed by atoms with Crippen molar-refractivity contribution < 1.29 is 37.4 Å². The molecule has 0 radical (unpaired) electrons. The molecule has 3 unspecified atom stereocenters. The van der Waals surface area contributed by atoms with Gasteiger partial charge in [0.05, 0.1) is 26.1 Å². The van der Waals surface area contributed by atoms with E-state index in [0.29, 0.717) is 0 Å². The van der Waals surface area contributed by atoms with Gasteiger partial charge in [-0.25, -0.2) is 28.6 Å². The molecule has 4 heterocycles. The number of ether oxygens (including phenoxy) is 3. The molecule has 4 rings (SSSR count). The van der Waals surface area contributed by atoms with Crippen LogP contribution < -0.4 is 5.73 Å². The zero-order chi connectivity index (χ0) is 22.2. The molecule has 0 bridgehead atoms. The standard InChI is InChI=1S/C16H22FN6O7P/c1-9(24)29-13-11(17)10(6-28-31(25,26)22-2-4-27-5-3-22)30-16(13)23-8-21-12-14(18)19-7-20-15(12)23/h7-8,10-11,13,16H,2-6H2,1H3,(H,25,26)(H2,18,19,20)/t10-,11?,13?,16-/m1/s1. The van der Waals surface area contributed by atoms with E-state index in [0.717, 1.165) is 6.92 Å². The molecule has 0 saturated carbocycles. The lowest BCUT2D eigenvalue weighted by molar-refractivity contribution is -0.154. The zero-order valence-electron chi connectivity index (χ0n) is 16.5. The summed E-state index contributed by atoms with van der Waals surface area (Å²) in [7, 11) is -4.18. The molecule has 5 atom stereocenters. The highest BCUT2D eigenvalue weighted by molar-refractivity contribution is 7.50. The Hall–Kier alpha value is -2.22. The van der Waals surface area contributed by atoms with Gasteiger partial charge >= 0.3 is 13.7 Å². The molecule has 2 aromatic heterocycles. The van der Waals surface area contributed by atoms with Gasteiger partial charge < -0.3 is 24.8 Å². The smallest absolute Gasteiger partial charge is 0.405 e. The number of fused-ring (bicyclic) bond motifs is 1. The number of hydrogen-bond donors (Lipinski definition) is 2. The van der Waals surface area contributed by atoms with Crippen molar-refractivity contribution in [3.8, 4) is 0 Å². The van der Waals surface area contributed by atoms with Crippen LogP contribution in [0.2, 0.25) is 0 Å². The number of halogens is 1. The minimum absolute atomic E-state index is 0.120. The van der Waals surface area contributed by atoms with Crippen LogP contribution in [0.25, 0.3) is 11.2 Å². The number of anilines is 1. The van der Waals surface area contributed by atoms with Crippen molar-refractivity contribution in [1.82, 2.24) is 24.2 Å². The van der Waals surface area contributed by atoms with Gasteiger partial charge in [0.15, 0.2) is 30.0 Å². The van der Waals surface area contributed by atoms with Crippen LogP contribution in [0.1, 0.15) is 13.2 Å². The first-order chi connectivity index (χ1) is 14.8. The molecule has 0 aromatic carbocycles. The van der Waals surface area contributed by atoms with Crippen LogP contribution in [0.15, 0.2) is 12.7 Å². The number of carbonyl (C=O) groups is 1. The average Bonchev–Trinajstić information content (AvgIpc) is 3.30. The molecular formula is C16H22FN6O7P. The van der Waals surface area contributed by atoms with Crippen molar-refractivity contribution in [2.75, 3.05) is 38.6 Å². The Balaban J connectivity index is 1.54. The second-order valence-corrected chi connectivity index (χ2v) is 8.82. The first-order valence-electron chi connectivity index (χ1n) is 9.48. The number of nitrogen functional groups attached to an aromatic ring is 1. The number of morpholine rings is 1. The normalized spacial score (nSPS) is 29.1. The van der Waals surface area contributed by atoms with E-state index in [2.05, 4.69) is 15.0 Å². The van der Waals surface area contributed by atoms with Crippen LogP contribution in [0.5, 0.6) is 0 Å². The van der Waals surface area contributed by atoms with Gasteiger partial charge in [0, 0.05) is 20.0 Å². The molecule has 2 aliphatic heterocycles. The largest absolute Gasteiger partial charge is 0.454 e. The summed E-state index contributed by atoms with van der Waals surface area (Å²) in [5, 5.41) is 0. The predicted molar refractivity (Wildman–Crippen MR) is 102 cm³/mol. The van der Waals surface area contributed by atoms with Gasteiger partial charge in [-0.1, -0.05) is 0 Å². The van der Waals surface area contributed by atoms with Crippen LogP contribution in [0.4, 0.5) is 10.2 Å². The van der Waals surface area contributed by atoms with E-state index < -0.39 is 44.9 Å². The number of alkyl halides is 1. The fraction of sp³-hybridized carbons (Fsp3) is 0.625. The molecule has 0 aliphatic carbocycles. The summed E-state index contributed by atoms with van der Waals surface area (Å²) in [4.78, 5) is 33.8. The Morgan fingerprint density at radius 1 is 1.39 bits per heavy atom. The fourth-order valence-electron chi connectivity index (χ4n) is 3.49. The van der Waals surface area contributed by atoms with Gasteiger partial charge in [0.25, 0.3) is 0 Å². The Bertz CT molecular complexity index is 1000. The maximum absolute atomic E-state index is 15.2. The Kier molecular flexibility index (Phi) is 6.19. The van der Waals surface area contributed by atoms with E-state index in [-0.39, 0.29) is 43.3 Å². The van der Waals surface area contributed by atoms with Crippen molar-refractivity contribution in [3.05, 3.63) is 12.7 Å². The number of esters is 1. The monoisotopic (exact) mass is 460 g/mol. The van der Waals surface area contributed by atoms with Crippen LogP contribution in [0.3, 0.4) is 0 Å². The van der Waals surface area contributed by atoms with Crippen molar-refractivity contribution in [3.63, 3.8) is 0 Å². The second-order valence-electron chi connectivity index (χ2n) is 7.02. The van der Waals surface area contributed by atoms with Gasteiger partial charge in [-0.3, -0.25) is 13.9 Å². The number of aromatic nitrogens is 4. The fourth-order valence-corrected chi connectivity index (χ4v) is 4.66. The summed E-state index contributed by atoms with van der Waals surface area (Å²) in [5.74, 6) is -0.600. The second kappa shape index (κ2) is 8.73. The molecule has 170 valence electrons. The van der Waals surface area contributed by atoms with E-state index in [1.54, 1.807) is 0 Å². The predicted octanol–water partition coefficient (Wildman–Crippen LogP) is 0.0249. The average molecular weight is 460 g/mol. The minimum Gasteiger partial charge on any atom is -0.454 e. The maximum Gasteiger partial charge on any atom is 0.405 e. The van der Waals surface area contributed by atoms with E-state index >= 15 is 4.39 Å². The highest BCUT2D eigenvalue weighted by Gasteiger charge is 2.50. The van der Waals surface area contributed by atoms with Crippen LogP contribution >= 0.6 is 7.75 Å². The topological polar surface area (TPSA) is 164 Å². The lowest BCUT2D eigenvalue weighted by atomic mass is 10.1. The van der Waals surface area contributed by atoms with Crippen LogP contribution in [-0.2, 0) is 28.1 Å². The summed E-state index contributed by atoms with van der Waals surface area (Å²) >= 11 is 0. The maximum atomic E-state index is 15.2. The molecule has 2 aliphatic rings. The summed E-state index contributed by atoms with van der Waals surface area (Å²) < 4.78 is 51.5. The van der Waals surface area contributed by atoms with Gasteiger partial charge in [0.1, 0.15) is 17.9 Å². The van der Waals surface area contributed by atoms with E-state index in [4.69, 9.17) is 24.5 Å². The molecule has 13 nitrogen and oxygen atoms in total. The molecule has 31 heavy (non-hydrogen) atoms. The Morgan fingerprint density at radius 2 is 2.13 bits per heavy atom. The first-order valence-corrected chi connectivity index (χ1v) is 11.0. The summed E-state index contributed by atoms with van der Waals surface area (Å²) in [6.07, 6.45) is -3.10. The first kappa shape index (κ1) is 22.0. The number of carbonyl (C=O) groups excluding carboxylic acids is 1. The molecule has 3 N–H and O–H groups in total. The van der Waals surface area contributed by atoms with Crippen molar-refractivity contribution in [2.45, 2.75) is 31.5 Å². The Morgan fingerprint density at radius 3 is 2.84 bits per heavy atom. The minimum atomic E-state index is -4.18. The molecule has 0 amide bonds. The molecule has 2 aromatic rings. The summed E-state index contributed by atoms with van der Waals surface area (Å²) in [6, 6.07) is 0. The summed E-state index contributed by atoms with van der Waals surface area (Å²) in [6.45, 7) is 1.59. The van der Waals surface area contributed by atoms with Gasteiger partial charge in [-0.2, -0.15) is 0 Å². The number of rotatable bonds is 6. The number of imidazole rings is 1. The highest BCUT2D eigenvalue weighted by atomic mass is 31.2. The number of nitrogens with two attached hydrogens (primary N) is 1. The van der Waals surface area contributed by atoms with E-state index in [1.807, 2.05) is 0 Å². The van der Waals surface area contributed by atoms with Crippen molar-refractivity contribution >= 4 is 30.7 Å². The van der Waals surface area contributed by atoms with Crippen molar-refractivity contribution in [2.24, 2.45) is 0 Å². The zero-order valence-corrected chi connectivity index (χ0v) is 17.4. The van der Waals surface area contributed by atoms with Crippen LogP contribution in [0, 0.1) is 0 Å². The Labute approximate surface area is 175 Å². The SMILES string of the molecule is CC(=O)OC1C(F)[C@@H](COP(=O)(O)N2CCOCC2)O[C@H]1n1cnc2c(N)ncnc21.